The lowest BCUT2D eigenvalue weighted by Crippen LogP contribution is -2.38. The van der Waals surface area contributed by atoms with E-state index in [1.807, 2.05) is 0 Å². The maximum absolute atomic E-state index is 13.3. The molecule has 1 aromatic heterocycles. The summed E-state index contributed by atoms with van der Waals surface area (Å²) < 4.78 is 13.3. The average molecular weight is 349 g/mol. The Hall–Kier alpha value is -2.21. The third-order valence-corrected chi connectivity index (χ3v) is 4.23. The molecule has 1 fully saturated rings. The first-order valence-corrected chi connectivity index (χ1v) is 8.21. The van der Waals surface area contributed by atoms with Crippen molar-refractivity contribution in [2.24, 2.45) is 0 Å². The molecular weight excluding hydrogens is 331 g/mol. The predicted molar refractivity (Wildman–Crippen MR) is 91.0 cm³/mol. The highest BCUT2D eigenvalue weighted by Crippen LogP contribution is 2.27. The van der Waals surface area contributed by atoms with Crippen molar-refractivity contribution in [3.8, 4) is 0 Å². The maximum Gasteiger partial charge on any atom is 0.219 e. The van der Waals surface area contributed by atoms with E-state index in [-0.39, 0.29) is 17.6 Å². The van der Waals surface area contributed by atoms with Gasteiger partial charge in [0.05, 0.1) is 0 Å². The van der Waals surface area contributed by atoms with Gasteiger partial charge in [-0.15, -0.1) is 0 Å². The van der Waals surface area contributed by atoms with Crippen molar-refractivity contribution >= 4 is 29.0 Å². The Morgan fingerprint density at radius 2 is 2.21 bits per heavy atom. The highest BCUT2D eigenvalue weighted by molar-refractivity contribution is 6.29. The van der Waals surface area contributed by atoms with Crippen LogP contribution in [0, 0.1) is 5.82 Å². The van der Waals surface area contributed by atoms with Gasteiger partial charge in [-0.05, 0) is 31.0 Å². The summed E-state index contributed by atoms with van der Waals surface area (Å²) in [7, 11) is 0. The Morgan fingerprint density at radius 1 is 1.38 bits per heavy atom. The second kappa shape index (κ2) is 7.13. The number of likely N-dealkylation sites (tertiary alicyclic amines) is 1. The number of amides is 1. The molecular formula is C17H18ClFN4O. The van der Waals surface area contributed by atoms with Crippen LogP contribution in [0.1, 0.15) is 31.5 Å². The molecule has 24 heavy (non-hydrogen) atoms. The molecule has 1 atom stereocenters. The van der Waals surface area contributed by atoms with Gasteiger partial charge < -0.3 is 10.2 Å². The molecule has 1 N–H and O–H groups in total. The highest BCUT2D eigenvalue weighted by atomic mass is 35.5. The summed E-state index contributed by atoms with van der Waals surface area (Å²) in [5.74, 6) is 0.891. The Balaban J connectivity index is 1.82. The lowest BCUT2D eigenvalue weighted by Gasteiger charge is -2.31. The van der Waals surface area contributed by atoms with Crippen molar-refractivity contribution in [3.05, 3.63) is 47.1 Å². The monoisotopic (exact) mass is 348 g/mol. The van der Waals surface area contributed by atoms with Gasteiger partial charge in [0, 0.05) is 37.7 Å². The highest BCUT2D eigenvalue weighted by Gasteiger charge is 2.25. The van der Waals surface area contributed by atoms with Crippen LogP contribution in [0.5, 0.6) is 0 Å². The summed E-state index contributed by atoms with van der Waals surface area (Å²) in [5, 5.41) is 3.36. The number of hydrogen-bond acceptors (Lipinski definition) is 4. The summed E-state index contributed by atoms with van der Waals surface area (Å²) in [6.45, 7) is 2.92. The number of carbonyl (C=O) groups is 1. The second-order valence-electron chi connectivity index (χ2n) is 5.87. The van der Waals surface area contributed by atoms with E-state index in [0.717, 1.165) is 19.4 Å². The zero-order chi connectivity index (χ0) is 17.1. The minimum Gasteiger partial charge on any atom is -0.342 e. The van der Waals surface area contributed by atoms with Gasteiger partial charge in [-0.1, -0.05) is 17.7 Å². The molecule has 1 aliphatic heterocycles. The van der Waals surface area contributed by atoms with E-state index in [1.165, 1.54) is 12.1 Å². The molecule has 1 aromatic carbocycles. The number of carbonyl (C=O) groups excluding carboxylic acids is 1. The van der Waals surface area contributed by atoms with E-state index in [4.69, 9.17) is 11.6 Å². The number of nitrogens with zero attached hydrogens (tertiary/aromatic N) is 3. The van der Waals surface area contributed by atoms with Crippen molar-refractivity contribution in [3.63, 3.8) is 0 Å². The SMILES string of the molecule is CC(=O)N1CCCC(c2nc(Cl)cc(Nc3cccc(F)c3)n2)C1. The number of anilines is 2. The van der Waals surface area contributed by atoms with Crippen molar-refractivity contribution in [1.29, 1.82) is 0 Å². The van der Waals surface area contributed by atoms with Crippen LogP contribution in [0.2, 0.25) is 5.15 Å². The first kappa shape index (κ1) is 16.6. The minimum atomic E-state index is -0.329. The fraction of sp³-hybridized carbons (Fsp3) is 0.353. The smallest absolute Gasteiger partial charge is 0.219 e. The maximum atomic E-state index is 13.3. The van der Waals surface area contributed by atoms with E-state index in [9.17, 15) is 9.18 Å². The first-order valence-electron chi connectivity index (χ1n) is 7.84. The van der Waals surface area contributed by atoms with Crippen LogP contribution in [0.15, 0.2) is 30.3 Å². The summed E-state index contributed by atoms with van der Waals surface area (Å²) in [6, 6.07) is 7.72. The van der Waals surface area contributed by atoms with Crippen LogP contribution in [0.25, 0.3) is 0 Å². The van der Waals surface area contributed by atoms with Crippen molar-refractivity contribution in [1.82, 2.24) is 14.9 Å². The standard InChI is InChI=1S/C17H18ClFN4O/c1-11(24)23-7-3-4-12(10-23)17-21-15(18)9-16(22-17)20-14-6-2-5-13(19)8-14/h2,5-6,8-9,12H,3-4,7,10H2,1H3,(H,20,21,22). The van der Waals surface area contributed by atoms with E-state index in [2.05, 4.69) is 15.3 Å². The second-order valence-corrected chi connectivity index (χ2v) is 6.26. The van der Waals surface area contributed by atoms with Gasteiger partial charge >= 0.3 is 0 Å². The van der Waals surface area contributed by atoms with Crippen molar-refractivity contribution in [2.45, 2.75) is 25.7 Å². The van der Waals surface area contributed by atoms with E-state index in [1.54, 1.807) is 30.0 Å². The third-order valence-electron chi connectivity index (χ3n) is 4.04. The molecule has 3 rings (SSSR count). The molecule has 5 nitrogen and oxygen atoms in total. The van der Waals surface area contributed by atoms with E-state index < -0.39 is 0 Å². The Bertz CT molecular complexity index is 755. The van der Waals surface area contributed by atoms with Gasteiger partial charge in [-0.25, -0.2) is 14.4 Å². The number of halogens is 2. The Labute approximate surface area is 144 Å². The fourth-order valence-corrected chi connectivity index (χ4v) is 3.06. The molecule has 0 saturated carbocycles. The minimum absolute atomic E-state index is 0.0504. The first-order chi connectivity index (χ1) is 11.5. The average Bonchev–Trinajstić information content (AvgIpc) is 2.54. The molecule has 2 aromatic rings. The summed E-state index contributed by atoms with van der Waals surface area (Å²) >= 11 is 6.12. The fourth-order valence-electron chi connectivity index (χ4n) is 2.87. The van der Waals surface area contributed by atoms with Gasteiger partial charge in [-0.2, -0.15) is 0 Å². The number of aromatic nitrogens is 2. The molecule has 0 bridgehead atoms. The van der Waals surface area contributed by atoms with Gasteiger partial charge in [0.25, 0.3) is 0 Å². The van der Waals surface area contributed by atoms with E-state index in [0.29, 0.717) is 29.0 Å². The lowest BCUT2D eigenvalue weighted by atomic mass is 9.97. The van der Waals surface area contributed by atoms with E-state index >= 15 is 0 Å². The zero-order valence-corrected chi connectivity index (χ0v) is 14.1. The largest absolute Gasteiger partial charge is 0.342 e. The predicted octanol–water partition coefficient (Wildman–Crippen LogP) is 3.74. The molecule has 1 aliphatic rings. The molecule has 126 valence electrons. The summed E-state index contributed by atoms with van der Waals surface area (Å²) in [6.07, 6.45) is 1.82. The van der Waals surface area contributed by atoms with Gasteiger partial charge in [-0.3, -0.25) is 4.79 Å². The van der Waals surface area contributed by atoms with Crippen LogP contribution < -0.4 is 5.32 Å². The number of rotatable bonds is 3. The van der Waals surface area contributed by atoms with Crippen LogP contribution >= 0.6 is 11.6 Å². The Morgan fingerprint density at radius 3 is 2.96 bits per heavy atom. The molecule has 1 unspecified atom stereocenters. The molecule has 0 aliphatic carbocycles. The van der Waals surface area contributed by atoms with Gasteiger partial charge in [0.1, 0.15) is 22.6 Å². The lowest BCUT2D eigenvalue weighted by molar-refractivity contribution is -0.130. The number of benzene rings is 1. The number of nitrogens with one attached hydrogen (secondary N) is 1. The van der Waals surface area contributed by atoms with Crippen LogP contribution in [0.3, 0.4) is 0 Å². The molecule has 1 saturated heterocycles. The number of piperidine rings is 1. The normalized spacial score (nSPS) is 17.6. The van der Waals surface area contributed by atoms with Crippen LogP contribution in [-0.2, 0) is 4.79 Å². The van der Waals surface area contributed by atoms with Crippen LogP contribution in [0.4, 0.5) is 15.9 Å². The molecule has 2 heterocycles. The molecule has 0 spiro atoms. The van der Waals surface area contributed by atoms with Gasteiger partial charge in [0.15, 0.2) is 0 Å². The van der Waals surface area contributed by atoms with Crippen molar-refractivity contribution in [2.75, 3.05) is 18.4 Å². The summed E-state index contributed by atoms with van der Waals surface area (Å²) in [5.41, 5.74) is 0.588. The number of hydrogen-bond donors (Lipinski definition) is 1. The molecule has 0 radical (unpaired) electrons. The van der Waals surface area contributed by atoms with Gasteiger partial charge in [0.2, 0.25) is 5.91 Å². The van der Waals surface area contributed by atoms with Crippen molar-refractivity contribution < 1.29 is 9.18 Å². The quantitative estimate of drug-likeness (QED) is 0.858. The zero-order valence-electron chi connectivity index (χ0n) is 13.3. The molecule has 1 amide bonds. The third kappa shape index (κ3) is 4.00. The van der Waals surface area contributed by atoms with Crippen LogP contribution in [-0.4, -0.2) is 33.9 Å². The summed E-state index contributed by atoms with van der Waals surface area (Å²) in [4.78, 5) is 22.2. The topological polar surface area (TPSA) is 58.1 Å². The Kier molecular flexibility index (Phi) is 4.94. The molecule has 7 heteroatoms.